The molecule has 118 valence electrons. The number of likely N-dealkylation sites (N-methyl/N-ethyl adjacent to an activating group) is 1. The third-order valence-electron chi connectivity index (χ3n) is 2.81. The molecule has 0 saturated heterocycles. The maximum atomic E-state index is 11.4. The van der Waals surface area contributed by atoms with Gasteiger partial charge in [-0.15, -0.1) is 0 Å². The fraction of sp³-hybridized carbons (Fsp3) is 0.462. The summed E-state index contributed by atoms with van der Waals surface area (Å²) < 4.78 is 27.6. The number of hydrogen-bond donors (Lipinski definition) is 2. The lowest BCUT2D eigenvalue weighted by molar-refractivity contribution is 0.0953. The first-order chi connectivity index (χ1) is 9.81. The van der Waals surface area contributed by atoms with Crippen LogP contribution in [0.4, 0.5) is 0 Å². The molecule has 1 rings (SSSR count). The summed E-state index contributed by atoms with van der Waals surface area (Å²) in [4.78, 5) is 13.2. The molecule has 3 N–H and O–H groups in total. The van der Waals surface area contributed by atoms with E-state index in [1.165, 1.54) is 6.26 Å². The summed E-state index contributed by atoms with van der Waals surface area (Å²) in [5.74, 6) is 5.37. The van der Waals surface area contributed by atoms with Gasteiger partial charge in [0.05, 0.1) is 5.75 Å². The number of nitrogens with two attached hydrogens (primary N) is 1. The van der Waals surface area contributed by atoms with E-state index in [2.05, 4.69) is 5.43 Å². The normalized spacial score (nSPS) is 11.4. The van der Waals surface area contributed by atoms with E-state index >= 15 is 0 Å². The molecule has 0 spiro atoms. The quantitative estimate of drug-likeness (QED) is 0.386. The van der Waals surface area contributed by atoms with Gasteiger partial charge in [-0.2, -0.15) is 0 Å². The van der Waals surface area contributed by atoms with Crippen molar-refractivity contribution in [2.75, 3.05) is 38.8 Å². The smallest absolute Gasteiger partial charge is 0.265 e. The van der Waals surface area contributed by atoms with Crippen molar-refractivity contribution in [3.05, 3.63) is 29.8 Å². The third kappa shape index (κ3) is 7.07. The van der Waals surface area contributed by atoms with Crippen LogP contribution >= 0.6 is 0 Å². The number of nitrogen functional groups attached to an aromatic ring is 1. The molecule has 1 aromatic rings. The van der Waals surface area contributed by atoms with Crippen molar-refractivity contribution in [3.63, 3.8) is 0 Å². The number of benzene rings is 1. The predicted molar refractivity (Wildman–Crippen MR) is 80.8 cm³/mol. The lowest BCUT2D eigenvalue weighted by Crippen LogP contribution is -2.30. The van der Waals surface area contributed by atoms with Crippen molar-refractivity contribution in [2.45, 2.75) is 0 Å². The molecule has 0 unspecified atom stereocenters. The van der Waals surface area contributed by atoms with Gasteiger partial charge in [0, 0.05) is 24.9 Å². The number of hydrogen-bond acceptors (Lipinski definition) is 6. The van der Waals surface area contributed by atoms with Crippen LogP contribution in [0.2, 0.25) is 0 Å². The van der Waals surface area contributed by atoms with E-state index in [1.54, 1.807) is 24.3 Å². The van der Waals surface area contributed by atoms with Gasteiger partial charge < -0.3 is 9.64 Å². The molecule has 7 nitrogen and oxygen atoms in total. The number of nitrogens with one attached hydrogen (secondary N) is 1. The van der Waals surface area contributed by atoms with Gasteiger partial charge >= 0.3 is 0 Å². The van der Waals surface area contributed by atoms with Gasteiger partial charge in [-0.1, -0.05) is 6.07 Å². The molecule has 0 bridgehead atoms. The first-order valence-corrected chi connectivity index (χ1v) is 8.48. The fourth-order valence-corrected chi connectivity index (χ4v) is 2.21. The first kappa shape index (κ1) is 17.4. The van der Waals surface area contributed by atoms with E-state index in [1.807, 2.05) is 11.9 Å². The molecular formula is C13H21N3O4S. The zero-order valence-corrected chi connectivity index (χ0v) is 13.0. The molecule has 0 aliphatic rings. The predicted octanol–water partition coefficient (Wildman–Crippen LogP) is -0.355. The monoisotopic (exact) mass is 315 g/mol. The molecular weight excluding hydrogens is 294 g/mol. The zero-order chi connectivity index (χ0) is 15.9. The second kappa shape index (κ2) is 7.96. The van der Waals surface area contributed by atoms with Crippen molar-refractivity contribution in [1.29, 1.82) is 0 Å². The number of ether oxygens (including phenoxy) is 1. The molecule has 0 saturated carbocycles. The summed E-state index contributed by atoms with van der Waals surface area (Å²) in [5.41, 5.74) is 2.47. The second-order valence-corrected chi connectivity index (χ2v) is 7.04. The Morgan fingerprint density at radius 1 is 1.38 bits per heavy atom. The van der Waals surface area contributed by atoms with Gasteiger partial charge in [-0.25, -0.2) is 14.3 Å². The van der Waals surface area contributed by atoms with Crippen molar-refractivity contribution >= 4 is 15.7 Å². The highest BCUT2D eigenvalue weighted by molar-refractivity contribution is 7.90. The largest absolute Gasteiger partial charge is 0.492 e. The number of nitrogens with zero attached hydrogens (tertiary/aromatic N) is 1. The van der Waals surface area contributed by atoms with E-state index in [4.69, 9.17) is 10.6 Å². The van der Waals surface area contributed by atoms with Crippen LogP contribution in [0.1, 0.15) is 10.4 Å². The Bertz CT molecular complexity index is 575. The van der Waals surface area contributed by atoms with E-state index in [0.717, 1.165) is 0 Å². The molecule has 0 heterocycles. The summed E-state index contributed by atoms with van der Waals surface area (Å²) >= 11 is 0. The molecule has 0 atom stereocenters. The summed E-state index contributed by atoms with van der Waals surface area (Å²) in [7, 11) is -1.13. The van der Waals surface area contributed by atoms with Crippen molar-refractivity contribution in [2.24, 2.45) is 5.84 Å². The molecule has 8 heteroatoms. The van der Waals surface area contributed by atoms with E-state index in [-0.39, 0.29) is 11.7 Å². The Balaban J connectivity index is 2.40. The summed E-state index contributed by atoms with van der Waals surface area (Å²) in [6.07, 6.45) is 1.21. The SMILES string of the molecule is CN(CCOc1cccc(C(=O)NN)c1)CCS(C)(=O)=O. The molecule has 1 amide bonds. The first-order valence-electron chi connectivity index (χ1n) is 6.42. The average Bonchev–Trinajstić information content (AvgIpc) is 2.44. The van der Waals surface area contributed by atoms with Gasteiger partial charge in [-0.05, 0) is 25.2 Å². The highest BCUT2D eigenvalue weighted by Crippen LogP contribution is 2.13. The number of sulfone groups is 1. The van der Waals surface area contributed by atoms with Crippen molar-refractivity contribution < 1.29 is 17.9 Å². The molecule has 0 radical (unpaired) electrons. The third-order valence-corrected chi connectivity index (χ3v) is 3.74. The van der Waals surface area contributed by atoms with Gasteiger partial charge in [0.1, 0.15) is 22.2 Å². The molecule has 0 aliphatic carbocycles. The highest BCUT2D eigenvalue weighted by Gasteiger charge is 2.07. The standard InChI is InChI=1S/C13H21N3O4S/c1-16(7-9-21(2,18)19)6-8-20-12-5-3-4-11(10-12)13(17)15-14/h3-5,10H,6-9,14H2,1-2H3,(H,15,17). The lowest BCUT2D eigenvalue weighted by atomic mass is 10.2. The molecule has 0 aliphatic heterocycles. The van der Waals surface area contributed by atoms with Crippen LogP contribution in [-0.2, 0) is 9.84 Å². The van der Waals surface area contributed by atoms with Crippen molar-refractivity contribution in [1.82, 2.24) is 10.3 Å². The van der Waals surface area contributed by atoms with Crippen LogP contribution in [-0.4, -0.2) is 58.0 Å². The molecule has 0 aromatic heterocycles. The van der Waals surface area contributed by atoms with Crippen LogP contribution in [0.25, 0.3) is 0 Å². The Hall–Kier alpha value is -1.64. The lowest BCUT2D eigenvalue weighted by Gasteiger charge is -2.16. The number of hydrazine groups is 1. The topological polar surface area (TPSA) is 102 Å². The van der Waals surface area contributed by atoms with Crippen molar-refractivity contribution in [3.8, 4) is 5.75 Å². The minimum Gasteiger partial charge on any atom is -0.492 e. The second-order valence-electron chi connectivity index (χ2n) is 4.78. The highest BCUT2D eigenvalue weighted by atomic mass is 32.2. The number of amides is 1. The zero-order valence-electron chi connectivity index (χ0n) is 12.2. The maximum Gasteiger partial charge on any atom is 0.265 e. The van der Waals surface area contributed by atoms with E-state index < -0.39 is 9.84 Å². The van der Waals surface area contributed by atoms with Crippen LogP contribution in [0.15, 0.2) is 24.3 Å². The average molecular weight is 315 g/mol. The van der Waals surface area contributed by atoms with Crippen LogP contribution in [0.5, 0.6) is 5.75 Å². The molecule has 21 heavy (non-hydrogen) atoms. The van der Waals surface area contributed by atoms with Gasteiger partial charge in [0.15, 0.2) is 0 Å². The van der Waals surface area contributed by atoms with E-state index in [9.17, 15) is 13.2 Å². The maximum absolute atomic E-state index is 11.4. The Morgan fingerprint density at radius 3 is 2.71 bits per heavy atom. The Morgan fingerprint density at radius 2 is 2.10 bits per heavy atom. The summed E-state index contributed by atoms with van der Waals surface area (Å²) in [6.45, 7) is 1.44. The number of carbonyl (C=O) groups excluding carboxylic acids is 1. The van der Waals surface area contributed by atoms with Crippen LogP contribution < -0.4 is 16.0 Å². The van der Waals surface area contributed by atoms with Gasteiger partial charge in [0.2, 0.25) is 0 Å². The molecule has 0 fully saturated rings. The van der Waals surface area contributed by atoms with Gasteiger partial charge in [0.25, 0.3) is 5.91 Å². The summed E-state index contributed by atoms with van der Waals surface area (Å²) in [6, 6.07) is 6.67. The number of carbonyl (C=O) groups is 1. The van der Waals surface area contributed by atoms with E-state index in [0.29, 0.717) is 31.0 Å². The van der Waals surface area contributed by atoms with Gasteiger partial charge in [-0.3, -0.25) is 10.2 Å². The Labute approximate surface area is 125 Å². The Kier molecular flexibility index (Phi) is 6.60. The molecule has 1 aromatic carbocycles. The summed E-state index contributed by atoms with van der Waals surface area (Å²) in [5, 5.41) is 0. The van der Waals surface area contributed by atoms with Crippen LogP contribution in [0, 0.1) is 0 Å². The minimum atomic E-state index is -2.95. The fourth-order valence-electron chi connectivity index (χ4n) is 1.56. The van der Waals surface area contributed by atoms with Crippen LogP contribution in [0.3, 0.4) is 0 Å². The number of rotatable bonds is 8. The minimum absolute atomic E-state index is 0.121.